The van der Waals surface area contributed by atoms with Crippen molar-refractivity contribution in [2.75, 3.05) is 10.6 Å². The van der Waals surface area contributed by atoms with Gasteiger partial charge in [0, 0.05) is 22.3 Å². The van der Waals surface area contributed by atoms with Gasteiger partial charge in [0.05, 0.1) is 0 Å². The highest BCUT2D eigenvalue weighted by molar-refractivity contribution is 8.03. The Kier molecular flexibility index (Phi) is 4.47. The van der Waals surface area contributed by atoms with Crippen molar-refractivity contribution in [2.45, 2.75) is 4.90 Å². The van der Waals surface area contributed by atoms with Crippen molar-refractivity contribution in [3.63, 3.8) is 0 Å². The summed E-state index contributed by atoms with van der Waals surface area (Å²) in [6.07, 6.45) is 0. The molecule has 0 bridgehead atoms. The quantitative estimate of drug-likeness (QED) is 0.594. The van der Waals surface area contributed by atoms with E-state index in [1.165, 1.54) is 12.1 Å². The number of nitrogens with zero attached hydrogens (tertiary/aromatic N) is 1. The molecule has 0 aliphatic rings. The van der Waals surface area contributed by atoms with Crippen LogP contribution in [0.3, 0.4) is 0 Å². The first-order valence-corrected chi connectivity index (χ1v) is 6.52. The normalized spacial score (nSPS) is 9.55. The molecule has 0 saturated carbocycles. The number of carbonyl (C=O) groups excluding carboxylic acids is 1. The number of carbonyl (C=O) groups is 1. The monoisotopic (exact) mass is 285 g/mol. The third kappa shape index (κ3) is 3.93. The Balaban J connectivity index is 1.96. The molecule has 0 aromatic heterocycles. The molecule has 6 heteroatoms. The maximum absolute atomic E-state index is 11.7. The van der Waals surface area contributed by atoms with Gasteiger partial charge >= 0.3 is 6.03 Å². The zero-order chi connectivity index (χ0) is 14.4. The fourth-order valence-electron chi connectivity index (χ4n) is 1.54. The van der Waals surface area contributed by atoms with E-state index in [0.717, 1.165) is 16.7 Å². The highest BCUT2D eigenvalue weighted by Gasteiger charge is 2.03. The molecule has 5 nitrogen and oxygen atoms in total. The number of phenols is 1. The standard InChI is InChI=1S/C14H11N3O2S/c15-9-20-13-6-4-10(5-7-13)16-14(19)17-11-2-1-3-12(18)8-11/h1-8,18H,(H2,16,17,19). The molecule has 0 saturated heterocycles. The van der Waals surface area contributed by atoms with Gasteiger partial charge in [-0.2, -0.15) is 5.26 Å². The van der Waals surface area contributed by atoms with Crippen molar-refractivity contribution >= 4 is 29.2 Å². The number of aromatic hydroxyl groups is 1. The number of hydrogen-bond acceptors (Lipinski definition) is 4. The number of phenolic OH excluding ortho intramolecular Hbond substituents is 1. The summed E-state index contributed by atoms with van der Waals surface area (Å²) in [6, 6.07) is 12.8. The van der Waals surface area contributed by atoms with E-state index >= 15 is 0 Å². The van der Waals surface area contributed by atoms with Crippen LogP contribution in [0.2, 0.25) is 0 Å². The van der Waals surface area contributed by atoms with Crippen molar-refractivity contribution in [1.29, 1.82) is 5.26 Å². The summed E-state index contributed by atoms with van der Waals surface area (Å²) < 4.78 is 0. The van der Waals surface area contributed by atoms with Crippen LogP contribution < -0.4 is 10.6 Å². The lowest BCUT2D eigenvalue weighted by Crippen LogP contribution is -2.19. The molecule has 0 heterocycles. The van der Waals surface area contributed by atoms with Gasteiger partial charge in [0.25, 0.3) is 0 Å². The minimum Gasteiger partial charge on any atom is -0.508 e. The lowest BCUT2D eigenvalue weighted by atomic mass is 10.3. The van der Waals surface area contributed by atoms with Crippen LogP contribution in [0.5, 0.6) is 5.75 Å². The summed E-state index contributed by atoms with van der Waals surface area (Å²) in [7, 11) is 0. The van der Waals surface area contributed by atoms with Crippen LogP contribution in [0.1, 0.15) is 0 Å². The van der Waals surface area contributed by atoms with E-state index in [0.29, 0.717) is 11.4 Å². The Morgan fingerprint density at radius 1 is 1.10 bits per heavy atom. The molecule has 0 fully saturated rings. The van der Waals surface area contributed by atoms with Crippen molar-refractivity contribution < 1.29 is 9.90 Å². The van der Waals surface area contributed by atoms with E-state index in [9.17, 15) is 9.90 Å². The first-order chi connectivity index (χ1) is 9.67. The van der Waals surface area contributed by atoms with E-state index in [1.54, 1.807) is 36.4 Å². The first kappa shape index (κ1) is 13.8. The van der Waals surface area contributed by atoms with Crippen molar-refractivity contribution in [3.05, 3.63) is 48.5 Å². The Hall–Kier alpha value is -2.65. The number of hydrogen-bond donors (Lipinski definition) is 3. The van der Waals surface area contributed by atoms with Gasteiger partial charge in [-0.1, -0.05) is 6.07 Å². The molecule has 2 amide bonds. The minimum atomic E-state index is -0.406. The fourth-order valence-corrected chi connectivity index (χ4v) is 1.91. The predicted octanol–water partition coefficient (Wildman–Crippen LogP) is 3.61. The molecule has 2 aromatic carbocycles. The Bertz CT molecular complexity index is 650. The number of urea groups is 1. The highest BCUT2D eigenvalue weighted by Crippen LogP contribution is 2.19. The zero-order valence-electron chi connectivity index (χ0n) is 10.3. The molecule has 0 unspecified atom stereocenters. The largest absolute Gasteiger partial charge is 0.508 e. The number of thiocyanates is 1. The van der Waals surface area contributed by atoms with Gasteiger partial charge in [-0.25, -0.2) is 4.79 Å². The molecule has 2 aromatic rings. The van der Waals surface area contributed by atoms with Crippen LogP contribution in [0.25, 0.3) is 0 Å². The number of amides is 2. The van der Waals surface area contributed by atoms with Gasteiger partial charge in [0.2, 0.25) is 0 Å². The smallest absolute Gasteiger partial charge is 0.323 e. The average Bonchev–Trinajstić information content (AvgIpc) is 2.41. The van der Waals surface area contributed by atoms with Gasteiger partial charge in [-0.3, -0.25) is 0 Å². The van der Waals surface area contributed by atoms with Crippen LogP contribution in [-0.2, 0) is 0 Å². The predicted molar refractivity (Wildman–Crippen MR) is 78.7 cm³/mol. The van der Waals surface area contributed by atoms with Gasteiger partial charge < -0.3 is 15.7 Å². The molecule has 0 spiro atoms. The van der Waals surface area contributed by atoms with E-state index in [2.05, 4.69) is 10.6 Å². The van der Waals surface area contributed by atoms with E-state index in [1.807, 2.05) is 5.40 Å². The summed E-state index contributed by atoms with van der Waals surface area (Å²) in [5, 5.41) is 25.1. The molecule has 20 heavy (non-hydrogen) atoms. The highest BCUT2D eigenvalue weighted by atomic mass is 32.2. The second-order valence-corrected chi connectivity index (χ2v) is 4.71. The van der Waals surface area contributed by atoms with Gasteiger partial charge in [0.1, 0.15) is 11.2 Å². The molecule has 2 rings (SSSR count). The van der Waals surface area contributed by atoms with Gasteiger partial charge in [-0.05, 0) is 48.2 Å². The summed E-state index contributed by atoms with van der Waals surface area (Å²) in [5.74, 6) is 0.0840. The zero-order valence-corrected chi connectivity index (χ0v) is 11.1. The Morgan fingerprint density at radius 2 is 1.80 bits per heavy atom. The third-order valence-corrected chi connectivity index (χ3v) is 2.98. The number of anilines is 2. The summed E-state index contributed by atoms with van der Waals surface area (Å²) >= 11 is 1.06. The fraction of sp³-hybridized carbons (Fsp3) is 0. The van der Waals surface area contributed by atoms with E-state index < -0.39 is 6.03 Å². The van der Waals surface area contributed by atoms with Crippen molar-refractivity contribution in [3.8, 4) is 11.2 Å². The van der Waals surface area contributed by atoms with Crippen LogP contribution in [0.15, 0.2) is 53.4 Å². The number of nitrogens with one attached hydrogen (secondary N) is 2. The topological polar surface area (TPSA) is 85.2 Å². The van der Waals surface area contributed by atoms with Gasteiger partial charge in [0.15, 0.2) is 0 Å². The Morgan fingerprint density at radius 3 is 2.45 bits per heavy atom. The maximum Gasteiger partial charge on any atom is 0.323 e. The lowest BCUT2D eigenvalue weighted by Gasteiger charge is -2.08. The van der Waals surface area contributed by atoms with E-state index in [4.69, 9.17) is 5.26 Å². The molecular weight excluding hydrogens is 274 g/mol. The maximum atomic E-state index is 11.7. The first-order valence-electron chi connectivity index (χ1n) is 5.70. The number of rotatable bonds is 3. The van der Waals surface area contributed by atoms with Gasteiger partial charge in [-0.15, -0.1) is 0 Å². The molecule has 3 N–H and O–H groups in total. The summed E-state index contributed by atoms with van der Waals surface area (Å²) in [6.45, 7) is 0. The number of benzene rings is 2. The molecular formula is C14H11N3O2S. The molecule has 0 atom stereocenters. The SMILES string of the molecule is N#CSc1ccc(NC(=O)Nc2cccc(O)c2)cc1. The molecule has 0 aliphatic heterocycles. The van der Waals surface area contributed by atoms with Crippen LogP contribution in [0.4, 0.5) is 16.2 Å². The van der Waals surface area contributed by atoms with Crippen LogP contribution in [0, 0.1) is 10.7 Å². The minimum absolute atomic E-state index is 0.0840. The summed E-state index contributed by atoms with van der Waals surface area (Å²) in [4.78, 5) is 12.6. The third-order valence-electron chi connectivity index (χ3n) is 2.38. The molecule has 100 valence electrons. The summed E-state index contributed by atoms with van der Waals surface area (Å²) in [5.41, 5.74) is 1.11. The second kappa shape index (κ2) is 6.50. The average molecular weight is 285 g/mol. The number of nitriles is 1. The lowest BCUT2D eigenvalue weighted by molar-refractivity contribution is 0.262. The Labute approximate surface area is 120 Å². The van der Waals surface area contributed by atoms with Crippen molar-refractivity contribution in [2.24, 2.45) is 0 Å². The van der Waals surface area contributed by atoms with E-state index in [-0.39, 0.29) is 5.75 Å². The molecule has 0 radical (unpaired) electrons. The van der Waals surface area contributed by atoms with Crippen LogP contribution in [-0.4, -0.2) is 11.1 Å². The number of thioether (sulfide) groups is 1. The van der Waals surface area contributed by atoms with Crippen molar-refractivity contribution in [1.82, 2.24) is 0 Å². The van der Waals surface area contributed by atoms with Crippen LogP contribution >= 0.6 is 11.8 Å². The molecule has 0 aliphatic carbocycles. The second-order valence-electron chi connectivity index (χ2n) is 3.85.